The molecule has 32 heavy (non-hydrogen) atoms. The van der Waals surface area contributed by atoms with Gasteiger partial charge in [0.15, 0.2) is 9.34 Å². The van der Waals surface area contributed by atoms with Gasteiger partial charge in [-0.1, -0.05) is 53.8 Å². The Kier molecular flexibility index (Phi) is 6.56. The number of hydrogen-bond acceptors (Lipinski definition) is 6. The Bertz CT molecular complexity index is 1190. The lowest BCUT2D eigenvalue weighted by molar-refractivity contribution is 0.116. The van der Waals surface area contributed by atoms with Crippen molar-refractivity contribution in [1.29, 1.82) is 0 Å². The van der Waals surface area contributed by atoms with Crippen LogP contribution in [0.25, 0.3) is 11.1 Å². The van der Waals surface area contributed by atoms with Crippen LogP contribution in [0.1, 0.15) is 18.5 Å². The van der Waals surface area contributed by atoms with Gasteiger partial charge in [-0.05, 0) is 43.0 Å². The summed E-state index contributed by atoms with van der Waals surface area (Å²) >= 11 is 0.882. The molecule has 1 fully saturated rings. The van der Waals surface area contributed by atoms with Crippen LogP contribution in [0.2, 0.25) is 0 Å². The third-order valence-electron chi connectivity index (χ3n) is 5.13. The predicted molar refractivity (Wildman–Crippen MR) is 125 cm³/mol. The Hall–Kier alpha value is -2.79. The van der Waals surface area contributed by atoms with E-state index in [1.165, 1.54) is 4.90 Å². The molecule has 1 saturated heterocycles. The van der Waals surface area contributed by atoms with Crippen LogP contribution in [-0.4, -0.2) is 38.7 Å². The van der Waals surface area contributed by atoms with Crippen LogP contribution in [0.4, 0.5) is 15.6 Å². The van der Waals surface area contributed by atoms with Crippen molar-refractivity contribution < 1.29 is 17.9 Å². The number of carbonyl (C=O) groups excluding carboxylic acids is 1. The number of nitrogens with two attached hydrogens (primary N) is 1. The van der Waals surface area contributed by atoms with Crippen LogP contribution in [0.3, 0.4) is 0 Å². The number of urea groups is 1. The monoisotopic (exact) mass is 472 g/mol. The molecule has 0 aliphatic carbocycles. The minimum absolute atomic E-state index is 0.0511. The maximum Gasteiger partial charge on any atom is 0.328 e. The number of aromatic nitrogens is 1. The molecule has 4 rings (SSSR count). The quantitative estimate of drug-likeness (QED) is 0.563. The van der Waals surface area contributed by atoms with Crippen molar-refractivity contribution in [1.82, 2.24) is 4.98 Å². The minimum atomic E-state index is -3.92. The molecule has 1 aliphatic heterocycles. The molecule has 1 aliphatic rings. The van der Waals surface area contributed by atoms with Crippen molar-refractivity contribution in [2.45, 2.75) is 30.1 Å². The molecule has 1 aromatic heterocycles. The first-order chi connectivity index (χ1) is 15.3. The molecular weight excluding hydrogens is 448 g/mol. The summed E-state index contributed by atoms with van der Waals surface area (Å²) in [6, 6.07) is 17.0. The van der Waals surface area contributed by atoms with Crippen molar-refractivity contribution in [3.8, 4) is 11.1 Å². The molecule has 1 unspecified atom stereocenters. The minimum Gasteiger partial charge on any atom is -0.376 e. The molecule has 1 atom stereocenters. The number of aryl methyl sites for hydroxylation is 1. The number of amides is 2. The molecule has 0 radical (unpaired) electrons. The summed E-state index contributed by atoms with van der Waals surface area (Å²) in [6.45, 7) is 2.47. The normalized spacial score (nSPS) is 16.1. The first-order valence-corrected chi connectivity index (χ1v) is 12.5. The fraction of sp³-hybridized carbons (Fsp3) is 0.273. The smallest absolute Gasteiger partial charge is 0.328 e. The molecule has 8 nitrogen and oxygen atoms in total. The zero-order valence-corrected chi connectivity index (χ0v) is 19.2. The Morgan fingerprint density at radius 3 is 2.47 bits per heavy atom. The molecule has 0 spiro atoms. The highest BCUT2D eigenvalue weighted by Crippen LogP contribution is 2.31. The van der Waals surface area contributed by atoms with Crippen LogP contribution < -0.4 is 15.4 Å². The van der Waals surface area contributed by atoms with Gasteiger partial charge in [-0.25, -0.2) is 23.3 Å². The topological polar surface area (TPSA) is 115 Å². The van der Waals surface area contributed by atoms with Crippen LogP contribution in [0.15, 0.2) is 58.8 Å². The van der Waals surface area contributed by atoms with E-state index in [-0.39, 0.29) is 27.7 Å². The van der Waals surface area contributed by atoms with Gasteiger partial charge in [0, 0.05) is 12.3 Å². The van der Waals surface area contributed by atoms with Crippen molar-refractivity contribution in [2.24, 2.45) is 5.14 Å². The molecule has 0 saturated carbocycles. The molecule has 3 N–H and O–H groups in total. The SMILES string of the molecule is Cc1nc(N(CC2CCCO2)C(=O)Nc2ccc(-c3ccccc3)cc2)sc1S(N)(=O)=O. The van der Waals surface area contributed by atoms with Gasteiger partial charge in [0.25, 0.3) is 0 Å². The molecule has 0 bridgehead atoms. The van der Waals surface area contributed by atoms with Crippen molar-refractivity contribution in [3.05, 3.63) is 60.3 Å². The van der Waals surface area contributed by atoms with E-state index in [4.69, 9.17) is 9.88 Å². The van der Waals surface area contributed by atoms with E-state index in [1.54, 1.807) is 6.92 Å². The summed E-state index contributed by atoms with van der Waals surface area (Å²) in [7, 11) is -3.92. The maximum atomic E-state index is 13.2. The number of sulfonamides is 1. The van der Waals surface area contributed by atoms with Gasteiger partial charge >= 0.3 is 6.03 Å². The van der Waals surface area contributed by atoms with E-state index >= 15 is 0 Å². The summed E-state index contributed by atoms with van der Waals surface area (Å²) in [5.74, 6) is 0. The second-order valence-electron chi connectivity index (χ2n) is 7.53. The molecule has 10 heteroatoms. The lowest BCUT2D eigenvalue weighted by Crippen LogP contribution is -2.40. The fourth-order valence-corrected chi connectivity index (χ4v) is 5.51. The highest BCUT2D eigenvalue weighted by atomic mass is 32.2. The number of benzene rings is 2. The average molecular weight is 473 g/mol. The van der Waals surface area contributed by atoms with E-state index in [0.29, 0.717) is 12.3 Å². The number of rotatable bonds is 6. The van der Waals surface area contributed by atoms with Gasteiger partial charge < -0.3 is 10.1 Å². The molecule has 2 aromatic carbocycles. The fourth-order valence-electron chi connectivity index (χ4n) is 3.56. The molecular formula is C22H24N4O4S2. The molecule has 2 heterocycles. The average Bonchev–Trinajstić information content (AvgIpc) is 3.42. The van der Waals surface area contributed by atoms with E-state index in [1.807, 2.05) is 54.6 Å². The van der Waals surface area contributed by atoms with Crippen LogP contribution in [-0.2, 0) is 14.8 Å². The second-order valence-corrected chi connectivity index (χ2v) is 10.3. The van der Waals surface area contributed by atoms with Crippen LogP contribution in [0, 0.1) is 6.92 Å². The summed E-state index contributed by atoms with van der Waals surface area (Å²) in [5.41, 5.74) is 3.00. The van der Waals surface area contributed by atoms with Crippen molar-refractivity contribution in [2.75, 3.05) is 23.4 Å². The number of primary sulfonamides is 1. The van der Waals surface area contributed by atoms with E-state index in [9.17, 15) is 13.2 Å². The third-order valence-corrected chi connectivity index (χ3v) is 7.86. The lowest BCUT2D eigenvalue weighted by Gasteiger charge is -2.23. The summed E-state index contributed by atoms with van der Waals surface area (Å²) in [6.07, 6.45) is 1.60. The van der Waals surface area contributed by atoms with E-state index < -0.39 is 16.1 Å². The lowest BCUT2D eigenvalue weighted by atomic mass is 10.1. The summed E-state index contributed by atoms with van der Waals surface area (Å²) < 4.78 is 29.3. The number of anilines is 2. The zero-order valence-electron chi connectivity index (χ0n) is 17.5. The Balaban J connectivity index is 1.56. The first-order valence-electron chi connectivity index (χ1n) is 10.2. The highest BCUT2D eigenvalue weighted by Gasteiger charge is 2.28. The van der Waals surface area contributed by atoms with Gasteiger partial charge in [0.2, 0.25) is 10.0 Å². The van der Waals surface area contributed by atoms with E-state index in [0.717, 1.165) is 35.3 Å². The Labute approximate surface area is 191 Å². The van der Waals surface area contributed by atoms with Gasteiger partial charge in [-0.3, -0.25) is 4.90 Å². The highest BCUT2D eigenvalue weighted by molar-refractivity contribution is 7.91. The van der Waals surface area contributed by atoms with Crippen molar-refractivity contribution in [3.63, 3.8) is 0 Å². The van der Waals surface area contributed by atoms with Gasteiger partial charge in [-0.2, -0.15) is 0 Å². The molecule has 2 amide bonds. The number of nitrogens with zero attached hydrogens (tertiary/aromatic N) is 2. The predicted octanol–water partition coefficient (Wildman–Crippen LogP) is 3.98. The third kappa shape index (κ3) is 5.16. The molecule has 3 aromatic rings. The first kappa shape index (κ1) is 22.4. The number of thiazole rings is 1. The largest absolute Gasteiger partial charge is 0.376 e. The van der Waals surface area contributed by atoms with Gasteiger partial charge in [-0.15, -0.1) is 0 Å². The zero-order chi connectivity index (χ0) is 22.7. The summed E-state index contributed by atoms with van der Waals surface area (Å²) in [4.78, 5) is 18.9. The number of nitrogens with one attached hydrogen (secondary N) is 1. The standard InChI is InChI=1S/C22H24N4O4S2/c1-15-20(32(23,28)29)31-22(24-15)26(14-19-8-5-13-30-19)21(27)25-18-11-9-17(10-12-18)16-6-3-2-4-7-16/h2-4,6-7,9-12,19H,5,8,13-14H2,1H3,(H,25,27)(H2,23,28,29). The number of hydrogen-bond donors (Lipinski definition) is 2. The van der Waals surface area contributed by atoms with Crippen LogP contribution >= 0.6 is 11.3 Å². The maximum absolute atomic E-state index is 13.2. The summed E-state index contributed by atoms with van der Waals surface area (Å²) in [5, 5.41) is 8.44. The van der Waals surface area contributed by atoms with Gasteiger partial charge in [0.05, 0.1) is 18.3 Å². The number of carbonyl (C=O) groups is 1. The molecule has 168 valence electrons. The Morgan fingerprint density at radius 1 is 1.19 bits per heavy atom. The van der Waals surface area contributed by atoms with Gasteiger partial charge in [0.1, 0.15) is 0 Å². The van der Waals surface area contributed by atoms with Crippen molar-refractivity contribution >= 4 is 38.2 Å². The second kappa shape index (κ2) is 9.37. The number of ether oxygens (including phenoxy) is 1. The van der Waals surface area contributed by atoms with Crippen LogP contribution in [0.5, 0.6) is 0 Å². The Morgan fingerprint density at radius 2 is 1.88 bits per heavy atom. The van der Waals surface area contributed by atoms with E-state index in [2.05, 4.69) is 10.3 Å².